The molecule has 0 spiro atoms. The summed E-state index contributed by atoms with van der Waals surface area (Å²) in [6.07, 6.45) is 2.09. The fourth-order valence-electron chi connectivity index (χ4n) is 1.74. The van der Waals surface area contributed by atoms with Crippen LogP contribution in [0.1, 0.15) is 39.7 Å². The molecule has 0 amide bonds. The molecular weight excluding hydrogens is 285 g/mol. The normalized spacial score (nSPS) is 15.6. The summed E-state index contributed by atoms with van der Waals surface area (Å²) in [6, 6.07) is 9.46. The van der Waals surface area contributed by atoms with Gasteiger partial charge in [-0.2, -0.15) is 0 Å². The van der Waals surface area contributed by atoms with Crippen molar-refractivity contribution in [3.8, 4) is 0 Å². The van der Waals surface area contributed by atoms with Gasteiger partial charge in [0, 0.05) is 12.5 Å². The number of benzene rings is 1. The summed E-state index contributed by atoms with van der Waals surface area (Å²) in [5, 5.41) is 0. The molecule has 0 bridgehead atoms. The monoisotopic (exact) mass is 309 g/mol. The fourth-order valence-corrected chi connectivity index (χ4v) is 2.62. The lowest BCUT2D eigenvalue weighted by molar-refractivity contribution is 0.542. The quantitative estimate of drug-likeness (QED) is 0.830. The number of hydrogen-bond donors (Lipinski definition) is 1. The van der Waals surface area contributed by atoms with E-state index in [9.17, 15) is 8.60 Å². The molecular formula is C17H24FNOS. The summed E-state index contributed by atoms with van der Waals surface area (Å²) < 4.78 is 28.1. The summed E-state index contributed by atoms with van der Waals surface area (Å²) in [7, 11) is -1.26. The Morgan fingerprint density at radius 1 is 1.38 bits per heavy atom. The first-order valence-corrected chi connectivity index (χ1v) is 8.09. The molecule has 0 aliphatic carbocycles. The van der Waals surface area contributed by atoms with Crippen LogP contribution in [-0.4, -0.2) is 15.0 Å². The molecule has 0 saturated heterocycles. The van der Waals surface area contributed by atoms with Crippen molar-refractivity contribution in [3.05, 3.63) is 53.9 Å². The molecule has 0 fully saturated rings. The van der Waals surface area contributed by atoms with Crippen LogP contribution in [0.2, 0.25) is 0 Å². The van der Waals surface area contributed by atoms with E-state index < -0.39 is 21.6 Å². The summed E-state index contributed by atoms with van der Waals surface area (Å²) in [6.45, 7) is 10.9. The Kier molecular flexibility index (Phi) is 6.49. The van der Waals surface area contributed by atoms with Crippen LogP contribution < -0.4 is 4.72 Å². The zero-order valence-electron chi connectivity index (χ0n) is 13.2. The number of nitrogens with one attached hydrogen (secondary N) is 1. The molecule has 0 aliphatic heterocycles. The third-order valence-corrected chi connectivity index (χ3v) is 4.59. The summed E-state index contributed by atoms with van der Waals surface area (Å²) >= 11 is 0. The first-order chi connectivity index (χ1) is 9.70. The maximum absolute atomic E-state index is 13.2. The molecule has 0 unspecified atom stereocenters. The third kappa shape index (κ3) is 6.36. The molecule has 1 N–H and O–H groups in total. The van der Waals surface area contributed by atoms with E-state index in [0.717, 1.165) is 11.1 Å². The zero-order chi connectivity index (χ0) is 16.0. The summed E-state index contributed by atoms with van der Waals surface area (Å²) in [5.74, 6) is -0.417. The molecule has 1 aromatic carbocycles. The zero-order valence-corrected chi connectivity index (χ0v) is 14.0. The van der Waals surface area contributed by atoms with E-state index >= 15 is 0 Å². The predicted molar refractivity (Wildman–Crippen MR) is 89.8 cm³/mol. The first-order valence-electron chi connectivity index (χ1n) is 6.94. The van der Waals surface area contributed by atoms with Gasteiger partial charge >= 0.3 is 0 Å². The van der Waals surface area contributed by atoms with Crippen LogP contribution in [-0.2, 0) is 11.0 Å². The van der Waals surface area contributed by atoms with Gasteiger partial charge in [-0.15, -0.1) is 0 Å². The number of rotatable bonds is 6. The number of hydrogen-bond acceptors (Lipinski definition) is 1. The van der Waals surface area contributed by atoms with Gasteiger partial charge in [-0.25, -0.2) is 13.3 Å². The minimum absolute atomic E-state index is 0.122. The van der Waals surface area contributed by atoms with E-state index in [1.54, 1.807) is 0 Å². The highest BCUT2D eigenvalue weighted by atomic mass is 32.2. The Bertz CT molecular complexity index is 531. The molecule has 0 aliphatic rings. The molecule has 0 radical (unpaired) electrons. The lowest BCUT2D eigenvalue weighted by atomic mass is 10.0. The molecule has 4 heteroatoms. The average molecular weight is 309 g/mol. The van der Waals surface area contributed by atoms with Gasteiger partial charge in [0.15, 0.2) is 0 Å². The van der Waals surface area contributed by atoms with Crippen LogP contribution in [0, 0.1) is 0 Å². The fraction of sp³-hybridized carbons (Fsp3) is 0.412. The number of halogens is 1. The topological polar surface area (TPSA) is 29.1 Å². The van der Waals surface area contributed by atoms with E-state index in [1.807, 2.05) is 64.1 Å². The lowest BCUT2D eigenvalue weighted by Crippen LogP contribution is -2.40. The van der Waals surface area contributed by atoms with Crippen molar-refractivity contribution in [1.29, 1.82) is 0 Å². The third-order valence-electron chi connectivity index (χ3n) is 2.97. The van der Waals surface area contributed by atoms with E-state index in [0.29, 0.717) is 0 Å². The van der Waals surface area contributed by atoms with Gasteiger partial charge in [-0.3, -0.25) is 0 Å². The van der Waals surface area contributed by atoms with Gasteiger partial charge in [0.2, 0.25) is 0 Å². The van der Waals surface area contributed by atoms with Crippen LogP contribution in [0.5, 0.6) is 0 Å². The highest BCUT2D eigenvalue weighted by Gasteiger charge is 2.24. The summed E-state index contributed by atoms with van der Waals surface area (Å²) in [5.41, 5.74) is 1.96. The smallest absolute Gasteiger partial charge is 0.0975 e. The van der Waals surface area contributed by atoms with Crippen molar-refractivity contribution in [1.82, 2.24) is 4.72 Å². The second-order valence-electron chi connectivity index (χ2n) is 6.07. The Morgan fingerprint density at radius 3 is 2.43 bits per heavy atom. The van der Waals surface area contributed by atoms with E-state index in [1.165, 1.54) is 0 Å². The predicted octanol–water partition coefficient (Wildman–Crippen LogP) is 4.38. The van der Waals surface area contributed by atoms with Crippen LogP contribution in [0.3, 0.4) is 0 Å². The van der Waals surface area contributed by atoms with Gasteiger partial charge in [-0.1, -0.05) is 48.6 Å². The van der Waals surface area contributed by atoms with Crippen molar-refractivity contribution < 1.29 is 8.60 Å². The molecule has 0 saturated carbocycles. The molecule has 21 heavy (non-hydrogen) atoms. The van der Waals surface area contributed by atoms with Crippen LogP contribution >= 0.6 is 0 Å². The van der Waals surface area contributed by atoms with E-state index in [-0.39, 0.29) is 12.5 Å². The van der Waals surface area contributed by atoms with Gasteiger partial charge in [0.25, 0.3) is 0 Å². The minimum Gasteiger partial charge on any atom is -0.242 e. The Balaban J connectivity index is 2.94. The average Bonchev–Trinajstić information content (AvgIpc) is 2.37. The van der Waals surface area contributed by atoms with E-state index in [4.69, 9.17) is 0 Å². The van der Waals surface area contributed by atoms with Gasteiger partial charge in [0.1, 0.15) is 0 Å². The standard InChI is InChI=1S/C17H24FNOS/c1-13(11-15-9-7-6-8-10-15)16(12-14(2)18)19-21(20)17(3,4)5/h6-11,16,19H,2,12H2,1,3-5H3/b13-11+/t16-,21+/m1/s1. The Hall–Kier alpha value is -1.26. The van der Waals surface area contributed by atoms with Crippen molar-refractivity contribution in [3.63, 3.8) is 0 Å². The first kappa shape index (κ1) is 17.8. The lowest BCUT2D eigenvalue weighted by Gasteiger charge is -2.24. The molecule has 116 valence electrons. The second kappa shape index (κ2) is 7.66. The Morgan fingerprint density at radius 2 is 1.95 bits per heavy atom. The SMILES string of the molecule is C=C(F)C[C@@H](N[S@@](=O)C(C)(C)C)/C(C)=C/c1ccccc1. The van der Waals surface area contributed by atoms with Crippen LogP contribution in [0.25, 0.3) is 6.08 Å². The summed E-state index contributed by atoms with van der Waals surface area (Å²) in [4.78, 5) is 0. The maximum Gasteiger partial charge on any atom is 0.0975 e. The van der Waals surface area contributed by atoms with Crippen LogP contribution in [0.15, 0.2) is 48.3 Å². The molecule has 1 rings (SSSR count). The van der Waals surface area contributed by atoms with Gasteiger partial charge < -0.3 is 0 Å². The molecule has 2 atom stereocenters. The molecule has 0 aromatic heterocycles. The minimum atomic E-state index is -1.26. The van der Waals surface area contributed by atoms with Crippen molar-refractivity contribution >= 4 is 17.1 Å². The Labute approximate surface area is 129 Å². The van der Waals surface area contributed by atoms with Gasteiger partial charge in [-0.05, 0) is 33.3 Å². The molecule has 1 aromatic rings. The van der Waals surface area contributed by atoms with Gasteiger partial charge in [0.05, 0.1) is 21.6 Å². The molecule has 0 heterocycles. The highest BCUT2D eigenvalue weighted by Crippen LogP contribution is 2.19. The second-order valence-corrected chi connectivity index (χ2v) is 8.07. The maximum atomic E-state index is 13.2. The van der Waals surface area contributed by atoms with Crippen LogP contribution in [0.4, 0.5) is 4.39 Å². The highest BCUT2D eigenvalue weighted by molar-refractivity contribution is 7.84. The molecule has 2 nitrogen and oxygen atoms in total. The van der Waals surface area contributed by atoms with Crippen molar-refractivity contribution in [2.45, 2.75) is 44.9 Å². The van der Waals surface area contributed by atoms with Crippen molar-refractivity contribution in [2.24, 2.45) is 0 Å². The largest absolute Gasteiger partial charge is 0.242 e. The van der Waals surface area contributed by atoms with E-state index in [2.05, 4.69) is 11.3 Å². The van der Waals surface area contributed by atoms with Crippen molar-refractivity contribution in [2.75, 3.05) is 0 Å².